The van der Waals surface area contributed by atoms with Gasteiger partial charge in [-0.05, 0) is 77.0 Å². The Hall–Kier alpha value is -2.71. The van der Waals surface area contributed by atoms with E-state index in [4.69, 9.17) is 14.2 Å². The maximum atomic E-state index is 12.8. The van der Waals surface area contributed by atoms with Crippen LogP contribution in [0.25, 0.3) is 0 Å². The van der Waals surface area contributed by atoms with E-state index < -0.39 is 18.1 Å². The van der Waals surface area contributed by atoms with Crippen molar-refractivity contribution in [3.8, 4) is 0 Å². The van der Waals surface area contributed by atoms with Gasteiger partial charge in [-0.2, -0.15) is 0 Å². The van der Waals surface area contributed by atoms with Gasteiger partial charge in [0.1, 0.15) is 6.61 Å². The average Bonchev–Trinajstić information content (AvgIpc) is 3.19. The Morgan fingerprint density at radius 1 is 0.508 bits per heavy atom. The van der Waals surface area contributed by atoms with Gasteiger partial charge in [-0.1, -0.05) is 159 Å². The number of carboxylic acids is 1. The number of nitrogens with zero attached hydrogens (tertiary/aromatic N) is 1. The molecule has 0 aromatic rings. The van der Waals surface area contributed by atoms with E-state index in [1.54, 1.807) is 0 Å². The number of carbonyl (C=O) groups excluding carboxylic acids is 2. The number of ether oxygens (including phenoxy) is 3. The Kier molecular flexibility index (Phi) is 40.1. The number of carboxylic acid groups (broad SMARTS) is 1. The van der Waals surface area contributed by atoms with Crippen molar-refractivity contribution < 1.29 is 38.2 Å². The molecule has 0 saturated heterocycles. The molecular weight excluding hydrogens is 739 g/mol. The van der Waals surface area contributed by atoms with Crippen LogP contribution in [-0.4, -0.2) is 80.6 Å². The molecule has 0 bridgehead atoms. The topological polar surface area (TPSA) is 99.1 Å². The van der Waals surface area contributed by atoms with Gasteiger partial charge in [-0.25, -0.2) is 4.79 Å². The fourth-order valence-electron chi connectivity index (χ4n) is 6.92. The molecular formula is C51H92NO7+. The van der Waals surface area contributed by atoms with E-state index in [0.29, 0.717) is 19.3 Å². The molecule has 0 rings (SSSR count). The lowest BCUT2D eigenvalue weighted by atomic mass is 10.1. The second-order valence-electron chi connectivity index (χ2n) is 17.4. The molecule has 0 aromatic carbocycles. The summed E-state index contributed by atoms with van der Waals surface area (Å²) in [4.78, 5) is 37.1. The van der Waals surface area contributed by atoms with E-state index in [1.807, 2.05) is 21.1 Å². The molecule has 0 aliphatic rings. The SMILES string of the molecule is CCCCC/C=C\C/C=C\C/C=C\CCCCCCCCC(=O)OC(COCCC(C(=O)O)[N+](C)(C)C)COC(=O)CCCCCCC/C=C\CCCCCCCCC. The van der Waals surface area contributed by atoms with Crippen LogP contribution in [0.4, 0.5) is 0 Å². The van der Waals surface area contributed by atoms with E-state index >= 15 is 0 Å². The van der Waals surface area contributed by atoms with Crippen molar-refractivity contribution in [2.24, 2.45) is 0 Å². The van der Waals surface area contributed by atoms with Crippen molar-refractivity contribution >= 4 is 17.9 Å². The molecule has 1 N–H and O–H groups in total. The minimum Gasteiger partial charge on any atom is -0.477 e. The summed E-state index contributed by atoms with van der Waals surface area (Å²) in [5.74, 6) is -1.49. The molecule has 0 heterocycles. The van der Waals surface area contributed by atoms with Crippen LogP contribution >= 0.6 is 0 Å². The third-order valence-corrected chi connectivity index (χ3v) is 10.7. The summed E-state index contributed by atoms with van der Waals surface area (Å²) in [6.07, 6.45) is 50.0. The summed E-state index contributed by atoms with van der Waals surface area (Å²) >= 11 is 0. The van der Waals surface area contributed by atoms with Crippen LogP contribution in [0.2, 0.25) is 0 Å². The standard InChI is InChI=1S/C51H91NO7/c1-6-8-10-12-14-16-18-20-22-24-25-26-28-30-32-34-36-38-40-42-50(54)59-47(45-57-44-43-48(51(55)56)52(3,4)5)46-58-49(53)41-39-37-35-33-31-29-27-23-21-19-17-15-13-11-9-7-2/h14,16,20,22-23,25-27,47-48H,6-13,15,17-19,21,24,28-46H2,1-5H3/p+1/b16-14-,22-20-,26-25-,27-23-. The van der Waals surface area contributed by atoms with Crippen LogP contribution < -0.4 is 0 Å². The fraction of sp³-hybridized carbons (Fsp3) is 0.784. The molecule has 0 aromatic heterocycles. The van der Waals surface area contributed by atoms with E-state index in [-0.39, 0.29) is 36.2 Å². The summed E-state index contributed by atoms with van der Waals surface area (Å²) in [7, 11) is 5.52. The van der Waals surface area contributed by atoms with Crippen LogP contribution in [-0.2, 0) is 28.6 Å². The predicted molar refractivity (Wildman–Crippen MR) is 248 cm³/mol. The number of aliphatic carboxylic acids is 1. The molecule has 0 aliphatic carbocycles. The lowest BCUT2D eigenvalue weighted by Gasteiger charge is -2.31. The zero-order valence-corrected chi connectivity index (χ0v) is 39.0. The second-order valence-corrected chi connectivity index (χ2v) is 17.4. The van der Waals surface area contributed by atoms with E-state index in [9.17, 15) is 19.5 Å². The minimum atomic E-state index is -0.879. The highest BCUT2D eigenvalue weighted by Gasteiger charge is 2.31. The monoisotopic (exact) mass is 831 g/mol. The molecule has 0 radical (unpaired) electrons. The number of likely N-dealkylation sites (N-methyl/N-ethyl adjacent to an activating group) is 1. The van der Waals surface area contributed by atoms with Gasteiger partial charge in [-0.3, -0.25) is 9.59 Å². The number of hydrogen-bond acceptors (Lipinski definition) is 6. The average molecular weight is 831 g/mol. The van der Waals surface area contributed by atoms with Gasteiger partial charge in [0, 0.05) is 19.3 Å². The summed E-state index contributed by atoms with van der Waals surface area (Å²) in [5.41, 5.74) is 0. The van der Waals surface area contributed by atoms with E-state index in [2.05, 4.69) is 62.5 Å². The molecule has 8 heteroatoms. The van der Waals surface area contributed by atoms with Gasteiger partial charge in [0.05, 0.1) is 34.4 Å². The molecule has 2 atom stereocenters. The van der Waals surface area contributed by atoms with Crippen molar-refractivity contribution in [3.05, 3.63) is 48.6 Å². The Labute approximate surface area is 363 Å². The molecule has 0 fully saturated rings. The third kappa shape index (κ3) is 40.5. The van der Waals surface area contributed by atoms with Crippen LogP contribution in [0.3, 0.4) is 0 Å². The van der Waals surface area contributed by atoms with Crippen molar-refractivity contribution in [2.75, 3.05) is 41.0 Å². The fourth-order valence-corrected chi connectivity index (χ4v) is 6.92. The number of hydrogen-bond donors (Lipinski definition) is 1. The van der Waals surface area contributed by atoms with Gasteiger partial charge >= 0.3 is 17.9 Å². The summed E-state index contributed by atoms with van der Waals surface area (Å²) in [6.45, 7) is 4.69. The second kappa shape index (κ2) is 42.0. The van der Waals surface area contributed by atoms with Crippen molar-refractivity contribution in [2.45, 2.75) is 219 Å². The highest BCUT2D eigenvalue weighted by molar-refractivity contribution is 5.72. The number of esters is 2. The number of quaternary nitrogens is 1. The van der Waals surface area contributed by atoms with Crippen LogP contribution in [0.5, 0.6) is 0 Å². The zero-order valence-electron chi connectivity index (χ0n) is 39.0. The van der Waals surface area contributed by atoms with Crippen molar-refractivity contribution in [3.63, 3.8) is 0 Å². The van der Waals surface area contributed by atoms with Crippen LogP contribution in [0, 0.1) is 0 Å². The number of allylic oxidation sites excluding steroid dienone is 8. The first-order valence-corrected chi connectivity index (χ1v) is 24.2. The maximum Gasteiger partial charge on any atom is 0.362 e. The van der Waals surface area contributed by atoms with Gasteiger partial charge < -0.3 is 23.8 Å². The first kappa shape index (κ1) is 56.3. The van der Waals surface area contributed by atoms with Crippen LogP contribution in [0.1, 0.15) is 206 Å². The molecule has 0 saturated carbocycles. The Morgan fingerprint density at radius 3 is 1.37 bits per heavy atom. The molecule has 2 unspecified atom stereocenters. The highest BCUT2D eigenvalue weighted by atomic mass is 16.6. The largest absolute Gasteiger partial charge is 0.477 e. The maximum absolute atomic E-state index is 12.8. The molecule has 59 heavy (non-hydrogen) atoms. The molecule has 0 aliphatic heterocycles. The van der Waals surface area contributed by atoms with Gasteiger partial charge in [0.25, 0.3) is 0 Å². The molecule has 342 valence electrons. The molecule has 0 amide bonds. The highest BCUT2D eigenvalue weighted by Crippen LogP contribution is 2.14. The smallest absolute Gasteiger partial charge is 0.362 e. The normalized spacial score (nSPS) is 13.3. The summed E-state index contributed by atoms with van der Waals surface area (Å²) in [5, 5.41) is 9.64. The predicted octanol–water partition coefficient (Wildman–Crippen LogP) is 13.6. The van der Waals surface area contributed by atoms with Crippen molar-refractivity contribution in [1.29, 1.82) is 0 Å². The summed E-state index contributed by atoms with van der Waals surface area (Å²) < 4.78 is 17.3. The van der Waals surface area contributed by atoms with Crippen molar-refractivity contribution in [1.82, 2.24) is 0 Å². The van der Waals surface area contributed by atoms with Gasteiger partial charge in [0.2, 0.25) is 0 Å². The quantitative estimate of drug-likeness (QED) is 0.0283. The summed E-state index contributed by atoms with van der Waals surface area (Å²) in [6, 6.07) is -0.619. The Balaban J connectivity index is 4.33. The first-order valence-electron chi connectivity index (χ1n) is 24.2. The minimum absolute atomic E-state index is 0.0528. The molecule has 0 spiro atoms. The van der Waals surface area contributed by atoms with Crippen LogP contribution in [0.15, 0.2) is 48.6 Å². The van der Waals surface area contributed by atoms with Gasteiger partial charge in [0.15, 0.2) is 12.1 Å². The Morgan fingerprint density at radius 2 is 0.898 bits per heavy atom. The number of unbranched alkanes of at least 4 members (excludes halogenated alkanes) is 21. The van der Waals surface area contributed by atoms with Gasteiger partial charge in [-0.15, -0.1) is 0 Å². The lowest BCUT2D eigenvalue weighted by Crippen LogP contribution is -2.50. The Bertz CT molecular complexity index is 1110. The first-order chi connectivity index (χ1) is 28.6. The lowest BCUT2D eigenvalue weighted by molar-refractivity contribution is -0.887. The number of rotatable bonds is 43. The van der Waals surface area contributed by atoms with E-state index in [0.717, 1.165) is 77.0 Å². The van der Waals surface area contributed by atoms with E-state index in [1.165, 1.54) is 96.3 Å². The zero-order chi connectivity index (χ0) is 43.5. The number of carbonyl (C=O) groups is 3. The third-order valence-electron chi connectivity index (χ3n) is 10.7. The molecule has 8 nitrogen and oxygen atoms in total.